The fraction of sp³-hybridized carbons (Fsp3) is 0.286. The van der Waals surface area contributed by atoms with Crippen molar-refractivity contribution < 1.29 is 4.79 Å². The van der Waals surface area contributed by atoms with Crippen LogP contribution >= 0.6 is 35.0 Å². The highest BCUT2D eigenvalue weighted by Crippen LogP contribution is 2.48. The maximum Gasteiger partial charge on any atom is 0.258 e. The Balaban J connectivity index is 1.29. The third-order valence-corrected chi connectivity index (χ3v) is 8.29. The van der Waals surface area contributed by atoms with Crippen molar-refractivity contribution in [1.82, 2.24) is 9.88 Å². The molecule has 0 atom stereocenters. The molecule has 3 heterocycles. The Kier molecular flexibility index (Phi) is 7.21. The average molecular weight is 525 g/mol. The second-order valence-electron chi connectivity index (χ2n) is 9.18. The number of halogens is 2. The van der Waals surface area contributed by atoms with Crippen molar-refractivity contribution in [3.05, 3.63) is 93.7 Å². The highest BCUT2D eigenvalue weighted by Gasteiger charge is 2.46. The summed E-state index contributed by atoms with van der Waals surface area (Å²) < 4.78 is 0. The molecule has 0 aliphatic carbocycles. The molecule has 0 unspecified atom stereocenters. The Morgan fingerprint density at radius 2 is 1.86 bits per heavy atom. The molecule has 1 spiro atoms. The Bertz CT molecular complexity index is 1250. The number of anilines is 1. The highest BCUT2D eigenvalue weighted by atomic mass is 35.5. The van der Waals surface area contributed by atoms with Crippen LogP contribution in [0.1, 0.15) is 34.3 Å². The zero-order valence-corrected chi connectivity index (χ0v) is 21.9. The van der Waals surface area contributed by atoms with Crippen LogP contribution in [0.3, 0.4) is 0 Å². The number of rotatable bonds is 5. The van der Waals surface area contributed by atoms with E-state index in [0.29, 0.717) is 22.3 Å². The quantitative estimate of drug-likeness (QED) is 0.271. The van der Waals surface area contributed by atoms with E-state index in [0.717, 1.165) is 38.2 Å². The smallest absolute Gasteiger partial charge is 0.258 e. The summed E-state index contributed by atoms with van der Waals surface area (Å²) in [5, 5.41) is 1.03. The fourth-order valence-corrected chi connectivity index (χ4v) is 5.91. The zero-order chi connectivity index (χ0) is 24.4. The van der Waals surface area contributed by atoms with Gasteiger partial charge >= 0.3 is 0 Å². The molecular formula is C28H27Cl2N3OS. The minimum Gasteiger partial charge on any atom is -0.307 e. The van der Waals surface area contributed by atoms with Gasteiger partial charge in [0.05, 0.1) is 0 Å². The minimum atomic E-state index is -0.0828. The molecule has 5 rings (SSSR count). The molecule has 1 amide bonds. The molecule has 3 aromatic rings. The molecule has 1 aromatic heterocycles. The summed E-state index contributed by atoms with van der Waals surface area (Å²) in [6.45, 7) is 3.53. The number of benzene rings is 2. The minimum absolute atomic E-state index is 0.0485. The number of piperidine rings is 1. The number of fused-ring (bicyclic) bond motifs is 2. The van der Waals surface area contributed by atoms with Crippen molar-refractivity contribution in [2.75, 3.05) is 37.3 Å². The largest absolute Gasteiger partial charge is 0.307 e. The van der Waals surface area contributed by atoms with Gasteiger partial charge in [-0.2, -0.15) is 0 Å². The first-order chi connectivity index (χ1) is 17.0. The van der Waals surface area contributed by atoms with Gasteiger partial charge in [0.1, 0.15) is 5.15 Å². The van der Waals surface area contributed by atoms with Crippen LogP contribution in [0, 0.1) is 0 Å². The van der Waals surface area contributed by atoms with E-state index in [1.165, 1.54) is 16.0 Å². The van der Waals surface area contributed by atoms with Crippen molar-refractivity contribution in [1.29, 1.82) is 0 Å². The topological polar surface area (TPSA) is 36.4 Å². The third-order valence-electron chi connectivity index (χ3n) is 7.10. The van der Waals surface area contributed by atoms with Crippen molar-refractivity contribution in [3.63, 3.8) is 0 Å². The number of carbonyl (C=O) groups is 1. The summed E-state index contributed by atoms with van der Waals surface area (Å²) in [5.74, 6) is -0.0485. The van der Waals surface area contributed by atoms with Crippen LogP contribution in [0.25, 0.3) is 6.08 Å². The van der Waals surface area contributed by atoms with Crippen LogP contribution in [0.5, 0.6) is 0 Å². The van der Waals surface area contributed by atoms with Crippen molar-refractivity contribution in [3.8, 4) is 0 Å². The van der Waals surface area contributed by atoms with Gasteiger partial charge in [0.15, 0.2) is 0 Å². The molecule has 180 valence electrons. The molecule has 4 nitrogen and oxygen atoms in total. The van der Waals surface area contributed by atoms with Crippen molar-refractivity contribution in [2.45, 2.75) is 23.2 Å². The lowest BCUT2D eigenvalue weighted by Gasteiger charge is -2.39. The Labute approximate surface area is 220 Å². The monoisotopic (exact) mass is 523 g/mol. The fourth-order valence-electron chi connectivity index (χ4n) is 5.16. The number of hydrogen-bond acceptors (Lipinski definition) is 4. The van der Waals surface area contributed by atoms with E-state index in [-0.39, 0.29) is 11.3 Å². The second-order valence-corrected chi connectivity index (χ2v) is 10.9. The Hall–Kier alpha value is -2.31. The lowest BCUT2D eigenvalue weighted by Crippen LogP contribution is -2.46. The van der Waals surface area contributed by atoms with Crippen LogP contribution in [0.4, 0.5) is 5.69 Å². The van der Waals surface area contributed by atoms with Gasteiger partial charge in [-0.1, -0.05) is 47.5 Å². The third kappa shape index (κ3) is 5.14. The van der Waals surface area contributed by atoms with Crippen LogP contribution in [0.2, 0.25) is 10.2 Å². The maximum absolute atomic E-state index is 13.4. The Morgan fingerprint density at radius 1 is 1.09 bits per heavy atom. The number of pyridine rings is 1. The first-order valence-corrected chi connectivity index (χ1v) is 13.7. The van der Waals surface area contributed by atoms with Gasteiger partial charge in [0.2, 0.25) is 0 Å². The van der Waals surface area contributed by atoms with Crippen LogP contribution in [-0.4, -0.2) is 48.2 Å². The number of thioether (sulfide) groups is 1. The van der Waals surface area contributed by atoms with E-state index >= 15 is 0 Å². The first kappa shape index (κ1) is 24.4. The molecule has 2 aliphatic rings. The predicted octanol–water partition coefficient (Wildman–Crippen LogP) is 6.82. The zero-order valence-electron chi connectivity index (χ0n) is 19.6. The van der Waals surface area contributed by atoms with Crippen molar-refractivity contribution in [2.24, 2.45) is 0 Å². The van der Waals surface area contributed by atoms with Gasteiger partial charge in [-0.05, 0) is 85.8 Å². The van der Waals surface area contributed by atoms with E-state index < -0.39 is 0 Å². The van der Waals surface area contributed by atoms with E-state index in [2.05, 4.69) is 58.6 Å². The van der Waals surface area contributed by atoms with Gasteiger partial charge in [0, 0.05) is 45.9 Å². The average Bonchev–Trinajstić information content (AvgIpc) is 3.18. The van der Waals surface area contributed by atoms with Crippen LogP contribution < -0.4 is 4.90 Å². The number of amides is 1. The molecule has 1 fully saturated rings. The van der Waals surface area contributed by atoms with E-state index in [1.807, 2.05) is 17.0 Å². The lowest BCUT2D eigenvalue weighted by molar-refractivity contribution is 0.0977. The van der Waals surface area contributed by atoms with Gasteiger partial charge in [0.25, 0.3) is 5.91 Å². The SMILES string of the molecule is CSc1ccc(C=CCN2CCC3(CC2)CN(C(=O)c2ccnc(Cl)c2)c2ccc(Cl)cc23)cc1. The molecule has 1 saturated heterocycles. The van der Waals surface area contributed by atoms with Crippen LogP contribution in [0.15, 0.2) is 71.8 Å². The van der Waals surface area contributed by atoms with Gasteiger partial charge in [-0.3, -0.25) is 9.69 Å². The molecule has 7 heteroatoms. The summed E-state index contributed by atoms with van der Waals surface area (Å²) in [6, 6.07) is 17.9. The van der Waals surface area contributed by atoms with Gasteiger partial charge in [-0.15, -0.1) is 11.8 Å². The normalized spacial score (nSPS) is 17.3. The number of aromatic nitrogens is 1. The number of carbonyl (C=O) groups excluding carboxylic acids is 1. The van der Waals surface area contributed by atoms with Crippen LogP contribution in [-0.2, 0) is 5.41 Å². The number of likely N-dealkylation sites (tertiary alicyclic amines) is 1. The molecule has 35 heavy (non-hydrogen) atoms. The molecule has 2 aromatic carbocycles. The summed E-state index contributed by atoms with van der Waals surface area (Å²) in [4.78, 5) is 23.1. The highest BCUT2D eigenvalue weighted by molar-refractivity contribution is 7.98. The predicted molar refractivity (Wildman–Crippen MR) is 147 cm³/mol. The summed E-state index contributed by atoms with van der Waals surface area (Å²) >= 11 is 14.2. The molecule has 0 bridgehead atoms. The van der Waals surface area contributed by atoms with Crippen molar-refractivity contribution >= 4 is 52.6 Å². The standard InChI is InChI=1S/C28H27Cl2N3OS/c1-35-23-7-4-20(5-8-23)3-2-14-32-15-11-28(12-16-32)19-33(25-9-6-22(29)18-24(25)28)27(34)21-10-13-31-26(30)17-21/h2-10,13,17-18H,11-12,14-16,19H2,1H3. The Morgan fingerprint density at radius 3 is 2.57 bits per heavy atom. The van der Waals surface area contributed by atoms with E-state index in [4.69, 9.17) is 23.2 Å². The summed E-state index contributed by atoms with van der Waals surface area (Å²) in [7, 11) is 0. The number of hydrogen-bond donors (Lipinski definition) is 0. The van der Waals surface area contributed by atoms with Gasteiger partial charge < -0.3 is 4.90 Å². The molecule has 0 saturated carbocycles. The summed E-state index contributed by atoms with van der Waals surface area (Å²) in [5.41, 5.74) is 3.83. The maximum atomic E-state index is 13.4. The first-order valence-electron chi connectivity index (χ1n) is 11.7. The molecular weight excluding hydrogens is 497 g/mol. The van der Waals surface area contributed by atoms with E-state index in [9.17, 15) is 4.79 Å². The van der Waals surface area contributed by atoms with Gasteiger partial charge in [-0.25, -0.2) is 4.98 Å². The lowest BCUT2D eigenvalue weighted by atomic mass is 9.74. The molecule has 2 aliphatic heterocycles. The molecule has 0 N–H and O–H groups in total. The summed E-state index contributed by atoms with van der Waals surface area (Å²) in [6.07, 6.45) is 10.1. The number of nitrogens with zero attached hydrogens (tertiary/aromatic N) is 3. The molecule has 0 radical (unpaired) electrons. The second kappa shape index (κ2) is 10.4. The van der Waals surface area contributed by atoms with E-state index in [1.54, 1.807) is 30.1 Å².